The quantitative estimate of drug-likeness (QED) is 0.768. The number of aliphatic hydroxyl groups excluding tert-OH is 1. The number of carbonyl (C=O) groups is 1. The Bertz CT molecular complexity index is 308. The Kier molecular flexibility index (Phi) is 5.00. The zero-order chi connectivity index (χ0) is 12.9. The Balaban J connectivity index is 2.49. The van der Waals surface area contributed by atoms with Crippen LogP contribution in [0.4, 0.5) is 0 Å². The van der Waals surface area contributed by atoms with Gasteiger partial charge in [-0.25, -0.2) is 0 Å². The van der Waals surface area contributed by atoms with Crippen molar-refractivity contribution >= 4 is 5.91 Å². The highest BCUT2D eigenvalue weighted by Gasteiger charge is 2.21. The van der Waals surface area contributed by atoms with Crippen molar-refractivity contribution in [1.29, 1.82) is 0 Å². The van der Waals surface area contributed by atoms with Gasteiger partial charge in [0.1, 0.15) is 5.76 Å². The predicted molar refractivity (Wildman–Crippen MR) is 66.4 cm³/mol. The molecule has 0 fully saturated rings. The molecule has 0 aromatic rings. The van der Waals surface area contributed by atoms with Crippen LogP contribution in [0.15, 0.2) is 11.3 Å². The molecule has 0 unspecified atom stereocenters. The molecule has 0 bridgehead atoms. The van der Waals surface area contributed by atoms with Crippen molar-refractivity contribution in [3.05, 3.63) is 11.3 Å². The van der Waals surface area contributed by atoms with Crippen LogP contribution in [-0.2, 0) is 9.53 Å². The monoisotopic (exact) mass is 241 g/mol. The van der Waals surface area contributed by atoms with Crippen molar-refractivity contribution in [3.63, 3.8) is 0 Å². The summed E-state index contributed by atoms with van der Waals surface area (Å²) in [5.74, 6) is 0.710. The van der Waals surface area contributed by atoms with Gasteiger partial charge in [-0.05, 0) is 31.6 Å². The highest BCUT2D eigenvalue weighted by Crippen LogP contribution is 2.21. The van der Waals surface area contributed by atoms with Crippen LogP contribution in [-0.4, -0.2) is 30.8 Å². The first-order chi connectivity index (χ1) is 7.96. The average molecular weight is 241 g/mol. The lowest BCUT2D eigenvalue weighted by Crippen LogP contribution is -2.36. The summed E-state index contributed by atoms with van der Waals surface area (Å²) >= 11 is 0. The summed E-state index contributed by atoms with van der Waals surface area (Å²) < 4.78 is 5.37. The van der Waals surface area contributed by atoms with Gasteiger partial charge in [-0.2, -0.15) is 0 Å². The molecular formula is C13H23NO3. The van der Waals surface area contributed by atoms with E-state index < -0.39 is 0 Å². The van der Waals surface area contributed by atoms with E-state index in [-0.39, 0.29) is 17.9 Å². The fourth-order valence-corrected chi connectivity index (χ4v) is 1.83. The third kappa shape index (κ3) is 4.38. The first kappa shape index (κ1) is 14.0. The maximum atomic E-state index is 11.9. The van der Waals surface area contributed by atoms with E-state index in [0.29, 0.717) is 19.6 Å². The Morgan fingerprint density at radius 3 is 2.82 bits per heavy atom. The molecule has 17 heavy (non-hydrogen) atoms. The zero-order valence-corrected chi connectivity index (χ0v) is 11.0. The molecule has 1 amide bonds. The van der Waals surface area contributed by atoms with Crippen LogP contribution in [0.25, 0.3) is 0 Å². The highest BCUT2D eigenvalue weighted by molar-refractivity contribution is 5.93. The molecule has 0 aromatic carbocycles. The number of ether oxygens (including phenoxy) is 1. The van der Waals surface area contributed by atoms with Gasteiger partial charge in [0.25, 0.3) is 5.91 Å². The largest absolute Gasteiger partial charge is 0.498 e. The van der Waals surface area contributed by atoms with Gasteiger partial charge in [0.15, 0.2) is 0 Å². The summed E-state index contributed by atoms with van der Waals surface area (Å²) in [4.78, 5) is 11.9. The molecule has 0 aliphatic carbocycles. The predicted octanol–water partition coefficient (Wildman–Crippen LogP) is 1.60. The molecule has 1 rings (SSSR count). The Morgan fingerprint density at radius 2 is 2.24 bits per heavy atom. The van der Waals surface area contributed by atoms with Crippen molar-refractivity contribution in [1.82, 2.24) is 5.32 Å². The fraction of sp³-hybridized carbons (Fsp3) is 0.769. The number of nitrogens with one attached hydrogen (secondary N) is 1. The van der Waals surface area contributed by atoms with Crippen molar-refractivity contribution in [2.75, 3.05) is 19.8 Å². The summed E-state index contributed by atoms with van der Waals surface area (Å²) in [6.45, 7) is 7.33. The lowest BCUT2D eigenvalue weighted by molar-refractivity contribution is -0.118. The van der Waals surface area contributed by atoms with E-state index in [1.165, 1.54) is 0 Å². The summed E-state index contributed by atoms with van der Waals surface area (Å²) in [6, 6.07) is 0. The minimum atomic E-state index is -0.0750. The van der Waals surface area contributed by atoms with E-state index in [4.69, 9.17) is 9.84 Å². The van der Waals surface area contributed by atoms with Gasteiger partial charge >= 0.3 is 0 Å². The van der Waals surface area contributed by atoms with Gasteiger partial charge in [-0.15, -0.1) is 0 Å². The van der Waals surface area contributed by atoms with Crippen LogP contribution in [0.3, 0.4) is 0 Å². The molecule has 0 saturated heterocycles. The van der Waals surface area contributed by atoms with Crippen molar-refractivity contribution < 1.29 is 14.6 Å². The van der Waals surface area contributed by atoms with E-state index in [0.717, 1.165) is 24.2 Å². The molecule has 1 heterocycles. The molecule has 1 aliphatic heterocycles. The second-order valence-corrected chi connectivity index (χ2v) is 5.31. The molecule has 4 nitrogen and oxygen atoms in total. The maximum Gasteiger partial charge on any atom is 0.250 e. The number of rotatable bonds is 5. The smallest absolute Gasteiger partial charge is 0.250 e. The molecule has 0 aromatic heterocycles. The second-order valence-electron chi connectivity index (χ2n) is 5.31. The molecule has 0 radical (unpaired) electrons. The van der Waals surface area contributed by atoms with Crippen molar-refractivity contribution in [2.24, 2.45) is 5.41 Å². The van der Waals surface area contributed by atoms with Crippen LogP contribution in [0, 0.1) is 5.41 Å². The van der Waals surface area contributed by atoms with Gasteiger partial charge in [0, 0.05) is 13.2 Å². The number of hydrogen-bond donors (Lipinski definition) is 2. The fourth-order valence-electron chi connectivity index (χ4n) is 1.83. The molecule has 0 atom stereocenters. The number of hydrogen-bond acceptors (Lipinski definition) is 3. The van der Waals surface area contributed by atoms with Gasteiger partial charge in [-0.1, -0.05) is 13.8 Å². The zero-order valence-electron chi connectivity index (χ0n) is 11.0. The number of amides is 1. The summed E-state index contributed by atoms with van der Waals surface area (Å²) in [6.07, 6.45) is 2.38. The number of allylic oxidation sites excluding steroid dienone is 1. The van der Waals surface area contributed by atoms with Gasteiger partial charge in [-0.3, -0.25) is 4.79 Å². The molecular weight excluding hydrogens is 218 g/mol. The summed E-state index contributed by atoms with van der Waals surface area (Å²) in [7, 11) is 0. The van der Waals surface area contributed by atoms with E-state index in [9.17, 15) is 4.79 Å². The minimum Gasteiger partial charge on any atom is -0.498 e. The molecule has 1 aliphatic rings. The van der Waals surface area contributed by atoms with Crippen LogP contribution < -0.4 is 5.32 Å². The molecule has 98 valence electrons. The average Bonchev–Trinajstić information content (AvgIpc) is 2.27. The SMILES string of the molecule is CC1=C(C(=O)NCC(C)(C)CCO)CCCO1. The van der Waals surface area contributed by atoms with E-state index in [1.54, 1.807) is 0 Å². The number of aliphatic hydroxyl groups is 1. The van der Waals surface area contributed by atoms with Crippen molar-refractivity contribution in [2.45, 2.75) is 40.0 Å². The third-order valence-corrected chi connectivity index (χ3v) is 3.10. The Labute approximate surface area is 103 Å². The van der Waals surface area contributed by atoms with Crippen molar-refractivity contribution in [3.8, 4) is 0 Å². The normalized spacial score (nSPS) is 16.7. The van der Waals surface area contributed by atoms with Gasteiger partial charge in [0.05, 0.1) is 12.2 Å². The maximum absolute atomic E-state index is 11.9. The third-order valence-electron chi connectivity index (χ3n) is 3.10. The minimum absolute atomic E-state index is 0.0341. The Morgan fingerprint density at radius 1 is 1.53 bits per heavy atom. The van der Waals surface area contributed by atoms with E-state index >= 15 is 0 Å². The molecule has 0 spiro atoms. The lowest BCUT2D eigenvalue weighted by atomic mass is 9.89. The first-order valence-electron chi connectivity index (χ1n) is 6.18. The summed E-state index contributed by atoms with van der Waals surface area (Å²) in [5, 5.41) is 11.8. The topological polar surface area (TPSA) is 58.6 Å². The molecule has 2 N–H and O–H groups in total. The molecule has 4 heteroatoms. The van der Waals surface area contributed by atoms with E-state index in [1.807, 2.05) is 20.8 Å². The second kappa shape index (κ2) is 6.05. The van der Waals surface area contributed by atoms with Gasteiger partial charge < -0.3 is 15.2 Å². The van der Waals surface area contributed by atoms with Crippen LogP contribution in [0.2, 0.25) is 0 Å². The van der Waals surface area contributed by atoms with Crippen LogP contribution in [0.1, 0.15) is 40.0 Å². The first-order valence-corrected chi connectivity index (χ1v) is 6.18. The Hall–Kier alpha value is -1.03. The summed E-state index contributed by atoms with van der Waals surface area (Å²) in [5.41, 5.74) is 0.685. The lowest BCUT2D eigenvalue weighted by Gasteiger charge is -2.25. The van der Waals surface area contributed by atoms with Gasteiger partial charge in [0.2, 0.25) is 0 Å². The molecule has 0 saturated carbocycles. The highest BCUT2D eigenvalue weighted by atomic mass is 16.5. The standard InChI is InChI=1S/C13H23NO3/c1-10-11(5-4-8-17-10)12(16)14-9-13(2,3)6-7-15/h15H,4-9H2,1-3H3,(H,14,16). The van der Waals surface area contributed by atoms with E-state index in [2.05, 4.69) is 5.32 Å². The number of carbonyl (C=O) groups excluding carboxylic acids is 1. The van der Waals surface area contributed by atoms with Crippen LogP contribution in [0.5, 0.6) is 0 Å². The van der Waals surface area contributed by atoms with Crippen LogP contribution >= 0.6 is 0 Å².